The summed E-state index contributed by atoms with van der Waals surface area (Å²) < 4.78 is 0. The summed E-state index contributed by atoms with van der Waals surface area (Å²) in [7, 11) is 0. The number of aromatic amines is 1. The SMILES string of the molecule is c1ccc(-c2ncc(CN3CCCCC3c3ncc[nH]3)cn2)cc1. The summed E-state index contributed by atoms with van der Waals surface area (Å²) in [6.07, 6.45) is 11.3. The molecule has 24 heavy (non-hydrogen) atoms. The summed E-state index contributed by atoms with van der Waals surface area (Å²) in [6, 6.07) is 10.5. The van der Waals surface area contributed by atoms with Crippen molar-refractivity contribution in [2.24, 2.45) is 0 Å². The summed E-state index contributed by atoms with van der Waals surface area (Å²) in [6.45, 7) is 1.95. The van der Waals surface area contributed by atoms with E-state index in [1.165, 1.54) is 12.8 Å². The van der Waals surface area contributed by atoms with Crippen LogP contribution < -0.4 is 0 Å². The minimum Gasteiger partial charge on any atom is -0.347 e. The van der Waals surface area contributed by atoms with E-state index in [2.05, 4.69) is 24.8 Å². The van der Waals surface area contributed by atoms with Gasteiger partial charge in [0.2, 0.25) is 0 Å². The lowest BCUT2D eigenvalue weighted by Crippen LogP contribution is -2.33. The second-order valence-electron chi connectivity index (χ2n) is 6.24. The van der Waals surface area contributed by atoms with Crippen molar-refractivity contribution in [2.75, 3.05) is 6.54 Å². The van der Waals surface area contributed by atoms with Gasteiger partial charge in [0.1, 0.15) is 5.82 Å². The molecule has 1 N–H and O–H groups in total. The molecule has 3 heterocycles. The molecule has 5 nitrogen and oxygen atoms in total. The zero-order valence-corrected chi connectivity index (χ0v) is 13.6. The number of piperidine rings is 1. The molecular weight excluding hydrogens is 298 g/mol. The lowest BCUT2D eigenvalue weighted by Gasteiger charge is -2.34. The molecule has 1 saturated heterocycles. The number of imidazole rings is 1. The smallest absolute Gasteiger partial charge is 0.159 e. The van der Waals surface area contributed by atoms with Gasteiger partial charge in [0, 0.05) is 42.5 Å². The molecule has 1 aliphatic rings. The van der Waals surface area contributed by atoms with Gasteiger partial charge in [-0.25, -0.2) is 15.0 Å². The Morgan fingerprint density at radius 2 is 1.88 bits per heavy atom. The van der Waals surface area contributed by atoms with Crippen molar-refractivity contribution in [1.82, 2.24) is 24.8 Å². The first kappa shape index (κ1) is 15.0. The predicted molar refractivity (Wildman–Crippen MR) is 93.1 cm³/mol. The summed E-state index contributed by atoms with van der Waals surface area (Å²) >= 11 is 0. The summed E-state index contributed by atoms with van der Waals surface area (Å²) in [4.78, 5) is 19.3. The van der Waals surface area contributed by atoms with E-state index in [1.54, 1.807) is 0 Å². The second kappa shape index (κ2) is 6.93. The Morgan fingerprint density at radius 1 is 1.04 bits per heavy atom. The largest absolute Gasteiger partial charge is 0.347 e. The van der Waals surface area contributed by atoms with Gasteiger partial charge in [0.25, 0.3) is 0 Å². The van der Waals surface area contributed by atoms with Crippen molar-refractivity contribution in [3.05, 3.63) is 66.5 Å². The average molecular weight is 319 g/mol. The zero-order chi connectivity index (χ0) is 16.2. The molecule has 0 spiro atoms. The van der Waals surface area contributed by atoms with Crippen molar-refractivity contribution in [3.63, 3.8) is 0 Å². The van der Waals surface area contributed by atoms with Crippen molar-refractivity contribution in [3.8, 4) is 11.4 Å². The molecule has 122 valence electrons. The van der Waals surface area contributed by atoms with Crippen LogP contribution in [0.25, 0.3) is 11.4 Å². The van der Waals surface area contributed by atoms with Crippen LogP contribution >= 0.6 is 0 Å². The first-order chi connectivity index (χ1) is 11.9. The number of likely N-dealkylation sites (tertiary alicyclic amines) is 1. The number of benzene rings is 1. The molecule has 1 aliphatic heterocycles. The van der Waals surface area contributed by atoms with Crippen molar-refractivity contribution in [1.29, 1.82) is 0 Å². The van der Waals surface area contributed by atoms with Crippen LogP contribution in [0.1, 0.15) is 36.7 Å². The number of nitrogens with one attached hydrogen (secondary N) is 1. The van der Waals surface area contributed by atoms with E-state index in [1.807, 2.05) is 55.1 Å². The Kier molecular flexibility index (Phi) is 4.34. The number of rotatable bonds is 4. The first-order valence-electron chi connectivity index (χ1n) is 8.50. The van der Waals surface area contributed by atoms with Crippen LogP contribution in [0.15, 0.2) is 55.1 Å². The van der Waals surface area contributed by atoms with E-state index in [0.717, 1.165) is 42.3 Å². The third-order valence-electron chi connectivity index (χ3n) is 4.57. The fourth-order valence-electron chi connectivity index (χ4n) is 3.36. The van der Waals surface area contributed by atoms with Crippen LogP contribution in [-0.4, -0.2) is 31.4 Å². The highest BCUT2D eigenvalue weighted by Crippen LogP contribution is 2.30. The number of hydrogen-bond donors (Lipinski definition) is 1. The molecule has 0 amide bonds. The van der Waals surface area contributed by atoms with E-state index in [-0.39, 0.29) is 0 Å². The maximum atomic E-state index is 4.54. The number of aromatic nitrogens is 4. The van der Waals surface area contributed by atoms with E-state index in [0.29, 0.717) is 6.04 Å². The highest BCUT2D eigenvalue weighted by molar-refractivity contribution is 5.53. The second-order valence-corrected chi connectivity index (χ2v) is 6.24. The van der Waals surface area contributed by atoms with Gasteiger partial charge < -0.3 is 4.98 Å². The third-order valence-corrected chi connectivity index (χ3v) is 4.57. The van der Waals surface area contributed by atoms with Crippen LogP contribution in [0.5, 0.6) is 0 Å². The van der Waals surface area contributed by atoms with Crippen LogP contribution in [0.2, 0.25) is 0 Å². The van der Waals surface area contributed by atoms with Crippen LogP contribution in [0.3, 0.4) is 0 Å². The van der Waals surface area contributed by atoms with Crippen LogP contribution in [-0.2, 0) is 6.54 Å². The van der Waals surface area contributed by atoms with Gasteiger partial charge >= 0.3 is 0 Å². The minimum absolute atomic E-state index is 0.363. The molecule has 5 heteroatoms. The van der Waals surface area contributed by atoms with Gasteiger partial charge in [-0.15, -0.1) is 0 Å². The van der Waals surface area contributed by atoms with Gasteiger partial charge in [-0.05, 0) is 19.4 Å². The number of H-pyrrole nitrogens is 1. The lowest BCUT2D eigenvalue weighted by molar-refractivity contribution is 0.134. The molecular formula is C19H21N5. The Bertz CT molecular complexity index is 752. The highest BCUT2D eigenvalue weighted by atomic mass is 15.2. The van der Waals surface area contributed by atoms with Gasteiger partial charge in [0.05, 0.1) is 6.04 Å². The molecule has 3 aromatic rings. The monoisotopic (exact) mass is 319 g/mol. The van der Waals surface area contributed by atoms with E-state index < -0.39 is 0 Å². The van der Waals surface area contributed by atoms with E-state index in [9.17, 15) is 0 Å². The van der Waals surface area contributed by atoms with E-state index >= 15 is 0 Å². The molecule has 1 aromatic carbocycles. The molecule has 2 aromatic heterocycles. The van der Waals surface area contributed by atoms with Crippen molar-refractivity contribution < 1.29 is 0 Å². The Hall–Kier alpha value is -2.53. The maximum Gasteiger partial charge on any atom is 0.159 e. The molecule has 0 aliphatic carbocycles. The maximum absolute atomic E-state index is 4.54. The third kappa shape index (κ3) is 3.21. The fourth-order valence-corrected chi connectivity index (χ4v) is 3.36. The molecule has 4 rings (SSSR count). The molecule has 1 fully saturated rings. The Balaban J connectivity index is 1.50. The van der Waals surface area contributed by atoms with Crippen molar-refractivity contribution in [2.45, 2.75) is 31.8 Å². The van der Waals surface area contributed by atoms with Crippen LogP contribution in [0, 0.1) is 0 Å². The molecule has 1 unspecified atom stereocenters. The standard InChI is InChI=1S/C19H21N5/c1-2-6-16(7-3-1)18-22-12-15(13-23-18)14-24-11-5-4-8-17(24)19-20-9-10-21-19/h1-3,6-7,9-10,12-13,17H,4-5,8,11,14H2,(H,20,21). The number of nitrogens with zero attached hydrogens (tertiary/aromatic N) is 4. The summed E-state index contributed by atoms with van der Waals surface area (Å²) in [5, 5.41) is 0. The van der Waals surface area contributed by atoms with Crippen LogP contribution in [0.4, 0.5) is 0 Å². The van der Waals surface area contributed by atoms with Gasteiger partial charge in [-0.3, -0.25) is 4.90 Å². The molecule has 0 radical (unpaired) electrons. The minimum atomic E-state index is 0.363. The zero-order valence-electron chi connectivity index (χ0n) is 13.6. The molecule has 0 bridgehead atoms. The van der Waals surface area contributed by atoms with Gasteiger partial charge in [-0.1, -0.05) is 36.8 Å². The Morgan fingerprint density at radius 3 is 2.62 bits per heavy atom. The normalized spacial score (nSPS) is 18.6. The predicted octanol–water partition coefficient (Wildman–Crippen LogP) is 3.59. The average Bonchev–Trinajstić information content (AvgIpc) is 3.18. The quantitative estimate of drug-likeness (QED) is 0.798. The molecule has 1 atom stereocenters. The van der Waals surface area contributed by atoms with Gasteiger partial charge in [-0.2, -0.15) is 0 Å². The number of hydrogen-bond acceptors (Lipinski definition) is 4. The first-order valence-corrected chi connectivity index (χ1v) is 8.50. The molecule has 0 saturated carbocycles. The topological polar surface area (TPSA) is 57.7 Å². The van der Waals surface area contributed by atoms with Gasteiger partial charge in [0.15, 0.2) is 5.82 Å². The van der Waals surface area contributed by atoms with E-state index in [4.69, 9.17) is 0 Å². The fraction of sp³-hybridized carbons (Fsp3) is 0.316. The summed E-state index contributed by atoms with van der Waals surface area (Å²) in [5.74, 6) is 1.84. The van der Waals surface area contributed by atoms with Crippen molar-refractivity contribution >= 4 is 0 Å². The summed E-state index contributed by atoms with van der Waals surface area (Å²) in [5.41, 5.74) is 2.20. The lowest BCUT2D eigenvalue weighted by atomic mass is 10.0. The highest BCUT2D eigenvalue weighted by Gasteiger charge is 2.25. The Labute approximate surface area is 141 Å².